The van der Waals surface area contributed by atoms with Gasteiger partial charge in [-0.25, -0.2) is 0 Å². The standard InChI is InChI=1S/C18H20Cl2F3NO2/c19-14-8-11(18(21,22)23)9-15(20)13(14)7-10-6-12(3-4-16(10)25)24-5-1-2-17(24)26/h8-10,12,16,25H,1-7H2. The first-order chi connectivity index (χ1) is 12.2. The van der Waals surface area contributed by atoms with Gasteiger partial charge in [0.25, 0.3) is 0 Å². The summed E-state index contributed by atoms with van der Waals surface area (Å²) in [6, 6.07) is 1.81. The van der Waals surface area contributed by atoms with Crippen LogP contribution in [0, 0.1) is 5.92 Å². The third kappa shape index (κ3) is 4.12. The second kappa shape index (κ2) is 7.56. The van der Waals surface area contributed by atoms with Crippen LogP contribution in [0.15, 0.2) is 12.1 Å². The molecular formula is C18H20Cl2F3NO2. The van der Waals surface area contributed by atoms with Gasteiger partial charge in [-0.1, -0.05) is 23.2 Å². The van der Waals surface area contributed by atoms with Gasteiger partial charge in [-0.3, -0.25) is 4.79 Å². The van der Waals surface area contributed by atoms with E-state index in [4.69, 9.17) is 23.2 Å². The number of amides is 1. The third-order valence-electron chi connectivity index (χ3n) is 5.40. The van der Waals surface area contributed by atoms with Crippen LogP contribution in [0.2, 0.25) is 10.0 Å². The van der Waals surface area contributed by atoms with Gasteiger partial charge >= 0.3 is 6.18 Å². The predicted octanol–water partition coefficient (Wildman–Crippen LogP) is 4.71. The Labute approximate surface area is 160 Å². The van der Waals surface area contributed by atoms with Crippen molar-refractivity contribution in [1.29, 1.82) is 0 Å². The minimum absolute atomic E-state index is 0.0450. The lowest BCUT2D eigenvalue weighted by Crippen LogP contribution is -2.43. The molecule has 8 heteroatoms. The molecule has 1 saturated heterocycles. The van der Waals surface area contributed by atoms with Crippen LogP contribution in [-0.4, -0.2) is 34.6 Å². The van der Waals surface area contributed by atoms with Gasteiger partial charge in [0.15, 0.2) is 0 Å². The highest BCUT2D eigenvalue weighted by Gasteiger charge is 2.37. The highest BCUT2D eigenvalue weighted by atomic mass is 35.5. The molecule has 3 rings (SSSR count). The topological polar surface area (TPSA) is 40.5 Å². The highest BCUT2D eigenvalue weighted by molar-refractivity contribution is 6.36. The van der Waals surface area contributed by atoms with E-state index < -0.39 is 17.8 Å². The van der Waals surface area contributed by atoms with Crippen LogP contribution < -0.4 is 0 Å². The second-order valence-corrected chi connectivity index (χ2v) is 7.92. The molecule has 1 heterocycles. The molecule has 0 bridgehead atoms. The van der Waals surface area contributed by atoms with Crippen molar-refractivity contribution in [3.8, 4) is 0 Å². The van der Waals surface area contributed by atoms with E-state index in [0.717, 1.165) is 31.5 Å². The van der Waals surface area contributed by atoms with E-state index in [0.29, 0.717) is 24.8 Å². The molecule has 3 nitrogen and oxygen atoms in total. The molecule has 0 radical (unpaired) electrons. The Bertz CT molecular complexity index is 672. The Hall–Kier alpha value is -0.980. The fourth-order valence-electron chi connectivity index (χ4n) is 4.00. The van der Waals surface area contributed by atoms with Crippen LogP contribution in [0.25, 0.3) is 0 Å². The average molecular weight is 410 g/mol. The lowest BCUT2D eigenvalue weighted by Gasteiger charge is -2.38. The summed E-state index contributed by atoms with van der Waals surface area (Å²) >= 11 is 12.1. The van der Waals surface area contributed by atoms with Gasteiger partial charge in [-0.15, -0.1) is 0 Å². The van der Waals surface area contributed by atoms with E-state index in [-0.39, 0.29) is 34.3 Å². The summed E-state index contributed by atoms with van der Waals surface area (Å²) in [6.45, 7) is 0.730. The van der Waals surface area contributed by atoms with Crippen molar-refractivity contribution in [3.05, 3.63) is 33.3 Å². The first-order valence-corrected chi connectivity index (χ1v) is 9.45. The summed E-state index contributed by atoms with van der Waals surface area (Å²) in [5.41, 5.74) is -0.472. The molecule has 1 amide bonds. The third-order valence-corrected chi connectivity index (χ3v) is 6.07. The maximum Gasteiger partial charge on any atom is 0.416 e. The Morgan fingerprint density at radius 2 is 1.85 bits per heavy atom. The van der Waals surface area contributed by atoms with Crippen molar-refractivity contribution in [2.24, 2.45) is 5.92 Å². The van der Waals surface area contributed by atoms with Gasteiger partial charge < -0.3 is 10.0 Å². The largest absolute Gasteiger partial charge is 0.416 e. The van der Waals surface area contributed by atoms with Crippen molar-refractivity contribution < 1.29 is 23.1 Å². The fourth-order valence-corrected chi connectivity index (χ4v) is 4.65. The van der Waals surface area contributed by atoms with Crippen LogP contribution in [-0.2, 0) is 17.4 Å². The maximum absolute atomic E-state index is 12.9. The smallest absolute Gasteiger partial charge is 0.393 e. The number of carbonyl (C=O) groups excluding carboxylic acids is 1. The average Bonchev–Trinajstić information content (AvgIpc) is 2.97. The molecule has 26 heavy (non-hydrogen) atoms. The van der Waals surface area contributed by atoms with Gasteiger partial charge in [0.1, 0.15) is 0 Å². The molecule has 1 aromatic rings. The number of aliphatic hydroxyl groups is 1. The second-order valence-electron chi connectivity index (χ2n) is 7.11. The van der Waals surface area contributed by atoms with Crippen LogP contribution in [0.3, 0.4) is 0 Å². The van der Waals surface area contributed by atoms with E-state index in [1.54, 1.807) is 0 Å². The monoisotopic (exact) mass is 409 g/mol. The molecule has 0 spiro atoms. The zero-order valence-electron chi connectivity index (χ0n) is 14.0. The zero-order valence-corrected chi connectivity index (χ0v) is 15.5. The van der Waals surface area contributed by atoms with Gasteiger partial charge in [0.2, 0.25) is 5.91 Å². The molecule has 1 N–H and O–H groups in total. The molecule has 144 valence electrons. The Morgan fingerprint density at radius 1 is 1.19 bits per heavy atom. The molecule has 1 aliphatic carbocycles. The minimum atomic E-state index is -4.52. The first-order valence-electron chi connectivity index (χ1n) is 8.69. The summed E-state index contributed by atoms with van der Waals surface area (Å²) in [6.07, 6.45) is -1.53. The highest BCUT2D eigenvalue weighted by Crippen LogP contribution is 2.39. The summed E-state index contributed by atoms with van der Waals surface area (Å²) in [7, 11) is 0. The molecule has 1 aromatic carbocycles. The zero-order chi connectivity index (χ0) is 19.1. The SMILES string of the molecule is O=C1CCCN1C1CCC(O)C(Cc2c(Cl)cc(C(F)(F)F)cc2Cl)C1. The number of hydrogen-bond donors (Lipinski definition) is 1. The number of likely N-dealkylation sites (tertiary alicyclic amines) is 1. The van der Waals surface area contributed by atoms with E-state index in [1.807, 2.05) is 4.90 Å². The lowest BCUT2D eigenvalue weighted by atomic mass is 9.79. The number of carbonyl (C=O) groups is 1. The molecule has 3 atom stereocenters. The van der Waals surface area contributed by atoms with Crippen LogP contribution >= 0.6 is 23.2 Å². The van der Waals surface area contributed by atoms with E-state index in [9.17, 15) is 23.1 Å². The van der Waals surface area contributed by atoms with E-state index in [2.05, 4.69) is 0 Å². The number of benzene rings is 1. The summed E-state index contributed by atoms with van der Waals surface area (Å²) in [5.74, 6) is -0.0652. The van der Waals surface area contributed by atoms with Gasteiger partial charge in [0, 0.05) is 29.1 Å². The fraction of sp³-hybridized carbons (Fsp3) is 0.611. The summed E-state index contributed by atoms with van der Waals surface area (Å²) < 4.78 is 38.6. The number of aliphatic hydroxyl groups excluding tert-OH is 1. The Morgan fingerprint density at radius 3 is 2.38 bits per heavy atom. The molecule has 2 aliphatic rings. The number of alkyl halides is 3. The van der Waals surface area contributed by atoms with Crippen LogP contribution in [0.5, 0.6) is 0 Å². The summed E-state index contributed by atoms with van der Waals surface area (Å²) in [4.78, 5) is 13.8. The van der Waals surface area contributed by atoms with Gasteiger partial charge in [-0.05, 0) is 55.7 Å². The Kier molecular flexibility index (Phi) is 5.75. The predicted molar refractivity (Wildman–Crippen MR) is 93.3 cm³/mol. The number of rotatable bonds is 3. The van der Waals surface area contributed by atoms with Crippen molar-refractivity contribution in [2.45, 2.75) is 56.8 Å². The molecular weight excluding hydrogens is 390 g/mol. The normalized spacial score (nSPS) is 27.2. The van der Waals surface area contributed by atoms with Crippen LogP contribution in [0.4, 0.5) is 13.2 Å². The Balaban J connectivity index is 1.77. The van der Waals surface area contributed by atoms with E-state index >= 15 is 0 Å². The molecule has 1 aliphatic heterocycles. The minimum Gasteiger partial charge on any atom is -0.393 e. The maximum atomic E-state index is 12.9. The van der Waals surface area contributed by atoms with Crippen molar-refractivity contribution >= 4 is 29.1 Å². The number of halogens is 5. The first kappa shape index (κ1) is 19.8. The van der Waals surface area contributed by atoms with Crippen molar-refractivity contribution in [2.75, 3.05) is 6.54 Å². The van der Waals surface area contributed by atoms with Crippen molar-refractivity contribution in [3.63, 3.8) is 0 Å². The summed E-state index contributed by atoms with van der Waals surface area (Å²) in [5, 5.41) is 10.3. The molecule has 0 aromatic heterocycles. The molecule has 2 fully saturated rings. The van der Waals surface area contributed by atoms with Gasteiger partial charge in [0.05, 0.1) is 11.7 Å². The molecule has 3 unspecified atom stereocenters. The van der Waals surface area contributed by atoms with Gasteiger partial charge in [-0.2, -0.15) is 13.2 Å². The van der Waals surface area contributed by atoms with Crippen LogP contribution in [0.1, 0.15) is 43.2 Å². The van der Waals surface area contributed by atoms with E-state index in [1.165, 1.54) is 0 Å². The molecule has 1 saturated carbocycles. The number of hydrogen-bond acceptors (Lipinski definition) is 2. The quantitative estimate of drug-likeness (QED) is 0.785. The van der Waals surface area contributed by atoms with Crippen molar-refractivity contribution in [1.82, 2.24) is 4.90 Å². The number of nitrogens with zero attached hydrogens (tertiary/aromatic N) is 1. The lowest BCUT2D eigenvalue weighted by molar-refractivity contribution is -0.137.